The maximum absolute atomic E-state index is 11.2. The van der Waals surface area contributed by atoms with Crippen LogP contribution in [0.4, 0.5) is 0 Å². The zero-order chi connectivity index (χ0) is 12.0. The van der Waals surface area contributed by atoms with Crippen LogP contribution < -0.4 is 0 Å². The SMILES string of the molecule is Cc1cc(C(=O)O)c2ccc3nccc3c2[nH]1. The van der Waals surface area contributed by atoms with Crippen molar-refractivity contribution in [1.82, 2.24) is 9.97 Å². The van der Waals surface area contributed by atoms with Crippen molar-refractivity contribution in [3.63, 3.8) is 0 Å². The van der Waals surface area contributed by atoms with Crippen LogP contribution in [0.2, 0.25) is 0 Å². The van der Waals surface area contributed by atoms with E-state index in [2.05, 4.69) is 9.97 Å². The quantitative estimate of drug-likeness (QED) is 0.670. The Hall–Kier alpha value is -2.36. The molecule has 0 aliphatic rings. The number of aromatic carboxylic acids is 1. The van der Waals surface area contributed by atoms with Crippen LogP contribution in [0.3, 0.4) is 0 Å². The van der Waals surface area contributed by atoms with Crippen molar-refractivity contribution in [3.8, 4) is 0 Å². The molecule has 0 spiro atoms. The van der Waals surface area contributed by atoms with Gasteiger partial charge in [0, 0.05) is 22.7 Å². The van der Waals surface area contributed by atoms with Crippen LogP contribution in [-0.2, 0) is 0 Å². The highest BCUT2D eigenvalue weighted by Gasteiger charge is 2.12. The summed E-state index contributed by atoms with van der Waals surface area (Å²) in [5.41, 5.74) is 2.84. The van der Waals surface area contributed by atoms with E-state index < -0.39 is 5.97 Å². The van der Waals surface area contributed by atoms with E-state index in [1.54, 1.807) is 18.3 Å². The summed E-state index contributed by atoms with van der Waals surface area (Å²) in [7, 11) is 0. The number of nitrogens with zero attached hydrogens (tertiary/aromatic N) is 1. The molecule has 1 aromatic carbocycles. The number of pyridine rings is 1. The third kappa shape index (κ3) is 1.38. The molecule has 0 bridgehead atoms. The van der Waals surface area contributed by atoms with Gasteiger partial charge in [-0.1, -0.05) is 0 Å². The van der Waals surface area contributed by atoms with E-state index in [9.17, 15) is 9.90 Å². The first-order valence-corrected chi connectivity index (χ1v) is 5.27. The van der Waals surface area contributed by atoms with Gasteiger partial charge in [0.1, 0.15) is 0 Å². The van der Waals surface area contributed by atoms with Gasteiger partial charge < -0.3 is 10.1 Å². The third-order valence-corrected chi connectivity index (χ3v) is 2.88. The van der Waals surface area contributed by atoms with E-state index in [-0.39, 0.29) is 0 Å². The topological polar surface area (TPSA) is 66.0 Å². The smallest absolute Gasteiger partial charge is 0.336 e. The summed E-state index contributed by atoms with van der Waals surface area (Å²) in [6.45, 7) is 1.85. The van der Waals surface area contributed by atoms with Gasteiger partial charge in [-0.05, 0) is 31.2 Å². The molecule has 2 heterocycles. The highest BCUT2D eigenvalue weighted by molar-refractivity contribution is 6.11. The van der Waals surface area contributed by atoms with E-state index in [1.165, 1.54) is 0 Å². The number of aromatic amines is 1. The van der Waals surface area contributed by atoms with Crippen molar-refractivity contribution in [2.75, 3.05) is 0 Å². The fraction of sp³-hybridized carbons (Fsp3) is 0.0769. The molecule has 0 saturated carbocycles. The molecule has 0 fully saturated rings. The van der Waals surface area contributed by atoms with Crippen LogP contribution >= 0.6 is 0 Å². The van der Waals surface area contributed by atoms with Gasteiger partial charge >= 0.3 is 5.97 Å². The minimum absolute atomic E-state index is 0.319. The summed E-state index contributed by atoms with van der Waals surface area (Å²) < 4.78 is 0. The second-order valence-corrected chi connectivity index (χ2v) is 4.04. The van der Waals surface area contributed by atoms with Crippen molar-refractivity contribution >= 4 is 27.8 Å². The second kappa shape index (κ2) is 3.31. The Bertz CT molecular complexity index is 744. The summed E-state index contributed by atoms with van der Waals surface area (Å²) in [5.74, 6) is -0.911. The Morgan fingerprint density at radius 2 is 2.12 bits per heavy atom. The van der Waals surface area contributed by atoms with Gasteiger partial charge in [-0.25, -0.2) is 4.79 Å². The largest absolute Gasteiger partial charge is 0.478 e. The van der Waals surface area contributed by atoms with Crippen molar-refractivity contribution < 1.29 is 9.90 Å². The molecule has 0 radical (unpaired) electrons. The van der Waals surface area contributed by atoms with E-state index in [1.807, 2.05) is 19.1 Å². The van der Waals surface area contributed by atoms with Crippen LogP contribution in [0.5, 0.6) is 0 Å². The van der Waals surface area contributed by atoms with Gasteiger partial charge in [-0.2, -0.15) is 0 Å². The lowest BCUT2D eigenvalue weighted by Crippen LogP contribution is -2.00. The number of hydrogen-bond donors (Lipinski definition) is 2. The number of fused-ring (bicyclic) bond motifs is 3. The number of carboxylic acids is 1. The molecule has 4 heteroatoms. The number of aromatic nitrogens is 2. The average Bonchev–Trinajstić information content (AvgIpc) is 2.76. The molecule has 4 nitrogen and oxygen atoms in total. The molecule has 84 valence electrons. The fourth-order valence-electron chi connectivity index (χ4n) is 2.15. The molecule has 0 aliphatic carbocycles. The Labute approximate surface area is 96.9 Å². The first-order chi connectivity index (χ1) is 8.16. The molecule has 2 aromatic heterocycles. The van der Waals surface area contributed by atoms with Crippen LogP contribution in [0, 0.1) is 6.92 Å². The number of carboxylic acid groups (broad SMARTS) is 1. The lowest BCUT2D eigenvalue weighted by molar-refractivity contribution is 0.0699. The summed E-state index contributed by atoms with van der Waals surface area (Å²) in [6, 6.07) is 7.17. The maximum atomic E-state index is 11.2. The molecular weight excluding hydrogens is 216 g/mol. The Morgan fingerprint density at radius 1 is 1.29 bits per heavy atom. The number of aryl methyl sites for hydroxylation is 1. The Morgan fingerprint density at radius 3 is 2.88 bits per heavy atom. The van der Waals surface area contributed by atoms with Gasteiger partial charge in [0.05, 0.1) is 16.6 Å². The van der Waals surface area contributed by atoms with Crippen LogP contribution in [0.25, 0.3) is 21.8 Å². The molecule has 0 atom stereocenters. The highest BCUT2D eigenvalue weighted by atomic mass is 16.4. The monoisotopic (exact) mass is 226 g/mol. The molecule has 0 aliphatic heterocycles. The normalized spacial score (nSPS) is 11.1. The Balaban J connectivity index is 2.56. The molecule has 2 N–H and O–H groups in total. The van der Waals surface area contributed by atoms with E-state index in [0.717, 1.165) is 22.1 Å². The number of hydrogen-bond acceptors (Lipinski definition) is 2. The third-order valence-electron chi connectivity index (χ3n) is 2.88. The van der Waals surface area contributed by atoms with Gasteiger partial charge in [0.2, 0.25) is 0 Å². The van der Waals surface area contributed by atoms with E-state index in [4.69, 9.17) is 0 Å². The Kier molecular flexibility index (Phi) is 1.92. The van der Waals surface area contributed by atoms with Crippen LogP contribution in [0.1, 0.15) is 16.1 Å². The van der Waals surface area contributed by atoms with E-state index >= 15 is 0 Å². The fourth-order valence-corrected chi connectivity index (χ4v) is 2.15. The summed E-state index contributed by atoms with van der Waals surface area (Å²) in [6.07, 6.45) is 1.72. The minimum Gasteiger partial charge on any atom is -0.478 e. The first-order valence-electron chi connectivity index (χ1n) is 5.27. The first kappa shape index (κ1) is 9.84. The lowest BCUT2D eigenvalue weighted by Gasteiger charge is -2.06. The lowest BCUT2D eigenvalue weighted by atomic mass is 10.1. The molecule has 17 heavy (non-hydrogen) atoms. The minimum atomic E-state index is -0.911. The molecule has 0 unspecified atom stereocenters. The second-order valence-electron chi connectivity index (χ2n) is 4.04. The summed E-state index contributed by atoms with van der Waals surface area (Å²) in [5, 5.41) is 10.9. The van der Waals surface area contributed by atoms with Gasteiger partial charge in [0.25, 0.3) is 0 Å². The van der Waals surface area contributed by atoms with Crippen LogP contribution in [-0.4, -0.2) is 21.0 Å². The molecule has 0 amide bonds. The number of rotatable bonds is 1. The number of nitrogens with one attached hydrogen (secondary N) is 1. The number of carbonyl (C=O) groups is 1. The number of H-pyrrole nitrogens is 1. The van der Waals surface area contributed by atoms with E-state index in [0.29, 0.717) is 10.9 Å². The maximum Gasteiger partial charge on any atom is 0.336 e. The zero-order valence-electron chi connectivity index (χ0n) is 9.19. The average molecular weight is 226 g/mol. The van der Waals surface area contributed by atoms with Gasteiger partial charge in [-0.3, -0.25) is 4.98 Å². The molecular formula is C13H10N2O2. The molecule has 0 saturated heterocycles. The van der Waals surface area contributed by atoms with Crippen molar-refractivity contribution in [2.24, 2.45) is 0 Å². The zero-order valence-corrected chi connectivity index (χ0v) is 9.19. The number of benzene rings is 1. The molecule has 3 aromatic rings. The predicted octanol–water partition coefficient (Wildman–Crippen LogP) is 2.72. The standard InChI is InChI=1S/C13H10N2O2/c1-7-6-10(13(16)17)8-2-3-11-9(4-5-14-11)12(8)15-7/h2-6,15H,1H3,(H,16,17). The predicted molar refractivity (Wildman–Crippen MR) is 65.3 cm³/mol. The van der Waals surface area contributed by atoms with Gasteiger partial charge in [0.15, 0.2) is 0 Å². The van der Waals surface area contributed by atoms with Crippen molar-refractivity contribution in [2.45, 2.75) is 6.92 Å². The molecule has 3 rings (SSSR count). The highest BCUT2D eigenvalue weighted by Crippen LogP contribution is 2.26. The summed E-state index contributed by atoms with van der Waals surface area (Å²) in [4.78, 5) is 18.6. The van der Waals surface area contributed by atoms with Gasteiger partial charge in [-0.15, -0.1) is 0 Å². The summed E-state index contributed by atoms with van der Waals surface area (Å²) >= 11 is 0. The van der Waals surface area contributed by atoms with Crippen molar-refractivity contribution in [3.05, 3.63) is 41.7 Å². The van der Waals surface area contributed by atoms with Crippen molar-refractivity contribution in [1.29, 1.82) is 0 Å². The van der Waals surface area contributed by atoms with Crippen LogP contribution in [0.15, 0.2) is 30.5 Å².